The van der Waals surface area contributed by atoms with Crippen LogP contribution in [0.4, 0.5) is 0 Å². The largest absolute Gasteiger partial charge is 0.322 e. The Labute approximate surface area is 147 Å². The van der Waals surface area contributed by atoms with Gasteiger partial charge in [0.15, 0.2) is 0 Å². The first-order valence-electron chi connectivity index (χ1n) is 9.33. The van der Waals surface area contributed by atoms with Crippen molar-refractivity contribution in [1.29, 1.82) is 0 Å². The number of nitrogens with zero attached hydrogens (tertiary/aromatic N) is 1. The van der Waals surface area contributed by atoms with Crippen molar-refractivity contribution in [2.24, 2.45) is 0 Å². The first kappa shape index (κ1) is 15.0. The van der Waals surface area contributed by atoms with Crippen molar-refractivity contribution in [2.75, 3.05) is 0 Å². The fourth-order valence-corrected chi connectivity index (χ4v) is 5.55. The standard InChI is InChI=1S/C22H22NO2/c24-21-13-14-22(25)23(21,19-11-9-15-5-1-3-7-17(15)19)20-12-10-16-6-2-4-8-18(16)20/h1-8,19-20H,9-14H2/q+1/t19-,20-/m1/s1. The number of benzene rings is 2. The zero-order valence-corrected chi connectivity index (χ0v) is 14.3. The van der Waals surface area contributed by atoms with Crippen LogP contribution in [0.1, 0.15) is 60.0 Å². The summed E-state index contributed by atoms with van der Waals surface area (Å²) in [6.07, 6.45) is 4.53. The van der Waals surface area contributed by atoms with Crippen LogP contribution in [-0.2, 0) is 22.4 Å². The minimum Gasteiger partial charge on any atom is -0.230 e. The predicted octanol–water partition coefficient (Wildman–Crippen LogP) is 4.03. The molecule has 1 aliphatic heterocycles. The summed E-state index contributed by atoms with van der Waals surface area (Å²) in [5.41, 5.74) is 5.05. The van der Waals surface area contributed by atoms with Crippen LogP contribution in [0, 0.1) is 0 Å². The molecule has 0 radical (unpaired) electrons. The summed E-state index contributed by atoms with van der Waals surface area (Å²) in [5, 5.41) is 0. The number of amides is 2. The number of quaternary nitrogens is 1. The maximum atomic E-state index is 13.3. The Bertz CT molecular complexity index is 812. The molecule has 126 valence electrons. The van der Waals surface area contributed by atoms with Gasteiger partial charge in [-0.3, -0.25) is 0 Å². The molecule has 1 heterocycles. The van der Waals surface area contributed by atoms with E-state index in [1.807, 2.05) is 12.1 Å². The molecule has 0 bridgehead atoms. The number of hydrogen-bond acceptors (Lipinski definition) is 2. The third-order valence-corrected chi connectivity index (χ3v) is 6.56. The molecule has 3 aliphatic rings. The monoisotopic (exact) mass is 332 g/mol. The number of likely N-dealkylation sites (tertiary alicyclic amines) is 1. The first-order chi connectivity index (χ1) is 12.2. The van der Waals surface area contributed by atoms with E-state index in [-0.39, 0.29) is 28.4 Å². The Morgan fingerprint density at radius 2 is 1.08 bits per heavy atom. The lowest BCUT2D eigenvalue weighted by Crippen LogP contribution is -2.55. The summed E-state index contributed by atoms with van der Waals surface area (Å²) in [5.74, 6) is 0.266. The van der Waals surface area contributed by atoms with Crippen molar-refractivity contribution in [2.45, 2.75) is 50.6 Å². The highest BCUT2D eigenvalue weighted by molar-refractivity contribution is 5.93. The number of rotatable bonds is 2. The molecule has 2 aromatic rings. The van der Waals surface area contributed by atoms with Crippen LogP contribution in [0.2, 0.25) is 0 Å². The van der Waals surface area contributed by atoms with Gasteiger partial charge in [0.25, 0.3) is 0 Å². The molecule has 2 amide bonds. The summed E-state index contributed by atoms with van der Waals surface area (Å²) >= 11 is 0. The molecule has 3 heteroatoms. The maximum Gasteiger partial charge on any atom is 0.322 e. The molecule has 5 rings (SSSR count). The Morgan fingerprint density at radius 3 is 1.56 bits per heavy atom. The predicted molar refractivity (Wildman–Crippen MR) is 94.5 cm³/mol. The van der Waals surface area contributed by atoms with Gasteiger partial charge in [-0.05, 0) is 24.0 Å². The zero-order valence-electron chi connectivity index (χ0n) is 14.3. The summed E-state index contributed by atoms with van der Waals surface area (Å²) in [6, 6.07) is 16.8. The Balaban J connectivity index is 1.71. The molecule has 1 fully saturated rings. The number of fused-ring (bicyclic) bond motifs is 2. The van der Waals surface area contributed by atoms with Gasteiger partial charge >= 0.3 is 11.8 Å². The van der Waals surface area contributed by atoms with Gasteiger partial charge < -0.3 is 0 Å². The summed E-state index contributed by atoms with van der Waals surface area (Å²) in [4.78, 5) is 26.5. The number of carbonyl (C=O) groups is 2. The van der Waals surface area contributed by atoms with E-state index in [2.05, 4.69) is 36.4 Å². The lowest BCUT2D eigenvalue weighted by atomic mass is 9.97. The molecule has 0 unspecified atom stereocenters. The van der Waals surface area contributed by atoms with Gasteiger partial charge in [-0.25, -0.2) is 9.59 Å². The van der Waals surface area contributed by atoms with E-state index in [4.69, 9.17) is 0 Å². The highest BCUT2D eigenvalue weighted by atomic mass is 16.2. The van der Waals surface area contributed by atoms with Crippen molar-refractivity contribution < 1.29 is 14.1 Å². The van der Waals surface area contributed by atoms with E-state index in [0.717, 1.165) is 25.7 Å². The third kappa shape index (κ3) is 1.90. The molecule has 2 aliphatic carbocycles. The van der Waals surface area contributed by atoms with Crippen molar-refractivity contribution in [1.82, 2.24) is 0 Å². The van der Waals surface area contributed by atoms with E-state index >= 15 is 0 Å². The highest BCUT2D eigenvalue weighted by Crippen LogP contribution is 2.53. The van der Waals surface area contributed by atoms with Gasteiger partial charge in [0.05, 0.1) is 12.8 Å². The molecule has 25 heavy (non-hydrogen) atoms. The Kier molecular flexibility index (Phi) is 3.23. The first-order valence-corrected chi connectivity index (χ1v) is 9.33. The van der Waals surface area contributed by atoms with Gasteiger partial charge in [-0.1, -0.05) is 48.5 Å². The van der Waals surface area contributed by atoms with E-state index in [1.54, 1.807) is 0 Å². The quantitative estimate of drug-likeness (QED) is 0.615. The van der Waals surface area contributed by atoms with Gasteiger partial charge in [0.2, 0.25) is 0 Å². The minimum atomic E-state index is -0.00476. The van der Waals surface area contributed by atoms with Crippen LogP contribution in [0.3, 0.4) is 0 Å². The number of imide groups is 1. The molecular formula is C22H22NO2+. The molecule has 1 saturated heterocycles. The van der Waals surface area contributed by atoms with Crippen molar-refractivity contribution >= 4 is 11.8 Å². The molecule has 0 aromatic heterocycles. The molecule has 0 spiro atoms. The average Bonchev–Trinajstić information content (AvgIpc) is 3.32. The highest BCUT2D eigenvalue weighted by Gasteiger charge is 2.62. The maximum absolute atomic E-state index is 13.3. The van der Waals surface area contributed by atoms with Gasteiger partial charge in [-0.2, -0.15) is 4.48 Å². The number of hydrogen-bond donors (Lipinski definition) is 0. The van der Waals surface area contributed by atoms with E-state index in [0.29, 0.717) is 12.8 Å². The molecule has 2 atom stereocenters. The van der Waals surface area contributed by atoms with Crippen LogP contribution in [-0.4, -0.2) is 16.3 Å². The third-order valence-electron chi connectivity index (χ3n) is 6.56. The molecule has 3 nitrogen and oxygen atoms in total. The minimum absolute atomic E-state index is 0.00476. The Hall–Kier alpha value is -2.26. The lowest BCUT2D eigenvalue weighted by molar-refractivity contribution is -0.838. The smallest absolute Gasteiger partial charge is 0.230 e. The lowest BCUT2D eigenvalue weighted by Gasteiger charge is -2.40. The van der Waals surface area contributed by atoms with Crippen LogP contribution < -0.4 is 0 Å². The van der Waals surface area contributed by atoms with Crippen molar-refractivity contribution in [3.63, 3.8) is 0 Å². The molecule has 2 aromatic carbocycles. The van der Waals surface area contributed by atoms with Gasteiger partial charge in [0.1, 0.15) is 12.1 Å². The summed E-state index contributed by atoms with van der Waals surface area (Å²) < 4.78 is 0.0496. The second kappa shape index (κ2) is 5.37. The second-order valence-electron chi connectivity index (χ2n) is 7.57. The molecular weight excluding hydrogens is 310 g/mol. The SMILES string of the molecule is O=C1CCC(=O)[N+]1([C@@H]1CCc2ccccc21)[C@@H]1CCc2ccccc21. The number of carbonyl (C=O) groups excluding carboxylic acids is 2. The zero-order chi connectivity index (χ0) is 17.0. The fourth-order valence-electron chi connectivity index (χ4n) is 5.55. The van der Waals surface area contributed by atoms with Crippen LogP contribution in [0.5, 0.6) is 0 Å². The summed E-state index contributed by atoms with van der Waals surface area (Å²) in [7, 11) is 0. The topological polar surface area (TPSA) is 34.1 Å². The van der Waals surface area contributed by atoms with Gasteiger partial charge in [-0.15, -0.1) is 0 Å². The van der Waals surface area contributed by atoms with Crippen molar-refractivity contribution in [3.05, 3.63) is 70.8 Å². The molecule has 0 saturated carbocycles. The fraction of sp³-hybridized carbons (Fsp3) is 0.364. The van der Waals surface area contributed by atoms with Crippen LogP contribution >= 0.6 is 0 Å². The van der Waals surface area contributed by atoms with Gasteiger partial charge in [0, 0.05) is 24.0 Å². The molecule has 0 N–H and O–H groups in total. The average molecular weight is 332 g/mol. The Morgan fingerprint density at radius 1 is 0.640 bits per heavy atom. The summed E-state index contributed by atoms with van der Waals surface area (Å²) in [6.45, 7) is 0. The normalized spacial score (nSPS) is 26.7. The van der Waals surface area contributed by atoms with Crippen LogP contribution in [0.25, 0.3) is 0 Å². The number of aryl methyl sites for hydroxylation is 2. The van der Waals surface area contributed by atoms with E-state index in [9.17, 15) is 9.59 Å². The van der Waals surface area contributed by atoms with E-state index in [1.165, 1.54) is 22.3 Å². The van der Waals surface area contributed by atoms with Crippen LogP contribution in [0.15, 0.2) is 48.5 Å². The second-order valence-corrected chi connectivity index (χ2v) is 7.57. The van der Waals surface area contributed by atoms with Crippen molar-refractivity contribution in [3.8, 4) is 0 Å². The van der Waals surface area contributed by atoms with E-state index < -0.39 is 0 Å².